The summed E-state index contributed by atoms with van der Waals surface area (Å²) in [6.07, 6.45) is 0.680. The standard InChI is InChI=1S/2C5H12N2OS.ClH/c2*1-5(2,9)3-4(8)7-6;/h2*9H,3,6H2,1-2H3,(H,7,8);1H. The Morgan fingerprint density at radius 3 is 1.16 bits per heavy atom. The fourth-order valence-electron chi connectivity index (χ4n) is 0.888. The van der Waals surface area contributed by atoms with E-state index in [0.717, 1.165) is 0 Å². The van der Waals surface area contributed by atoms with Crippen LogP contribution in [0.25, 0.3) is 0 Å². The van der Waals surface area contributed by atoms with E-state index in [1.165, 1.54) is 0 Å². The number of nitrogens with two attached hydrogens (primary N) is 2. The van der Waals surface area contributed by atoms with Crippen molar-refractivity contribution < 1.29 is 9.59 Å². The van der Waals surface area contributed by atoms with Crippen molar-refractivity contribution in [3.63, 3.8) is 0 Å². The largest absolute Gasteiger partial charge is 0.294 e. The Labute approximate surface area is 132 Å². The van der Waals surface area contributed by atoms with Crippen LogP contribution >= 0.6 is 37.7 Å². The molecule has 9 heteroatoms. The molecule has 0 unspecified atom stereocenters. The maximum absolute atomic E-state index is 10.5. The Kier molecular flexibility index (Phi) is 13.4. The lowest BCUT2D eigenvalue weighted by Crippen LogP contribution is -2.34. The van der Waals surface area contributed by atoms with Gasteiger partial charge in [0.2, 0.25) is 11.8 Å². The number of nitrogens with one attached hydrogen (secondary N) is 2. The molecular formula is C10H25ClN4O2S2. The summed E-state index contributed by atoms with van der Waals surface area (Å²) < 4.78 is -0.549. The Balaban J connectivity index is -0.000000256. The van der Waals surface area contributed by atoms with Crippen molar-refractivity contribution in [1.82, 2.24) is 10.9 Å². The summed E-state index contributed by atoms with van der Waals surface area (Å²) >= 11 is 8.26. The summed E-state index contributed by atoms with van der Waals surface area (Å²) in [5.41, 5.74) is 4.07. The number of thiol groups is 2. The second-order valence-corrected chi connectivity index (χ2v) is 7.53. The molecule has 0 aliphatic rings. The molecule has 6 nitrogen and oxygen atoms in total. The van der Waals surface area contributed by atoms with Crippen LogP contribution in [0.2, 0.25) is 0 Å². The lowest BCUT2D eigenvalue weighted by molar-refractivity contribution is -0.122. The number of hydrogen-bond donors (Lipinski definition) is 6. The molecule has 0 aromatic rings. The van der Waals surface area contributed by atoms with Crippen molar-refractivity contribution >= 4 is 49.5 Å². The zero-order chi connectivity index (χ0) is 15.0. The van der Waals surface area contributed by atoms with E-state index in [9.17, 15) is 9.59 Å². The number of carbonyl (C=O) groups excluding carboxylic acids is 2. The summed E-state index contributed by atoms with van der Waals surface area (Å²) in [5, 5.41) is 0. The van der Waals surface area contributed by atoms with E-state index in [0.29, 0.717) is 12.8 Å². The van der Waals surface area contributed by atoms with Crippen LogP contribution in [0.5, 0.6) is 0 Å². The van der Waals surface area contributed by atoms with Gasteiger partial charge in [-0.05, 0) is 0 Å². The summed E-state index contributed by atoms with van der Waals surface area (Å²) in [7, 11) is 0. The summed E-state index contributed by atoms with van der Waals surface area (Å²) in [6.45, 7) is 7.41. The average molecular weight is 333 g/mol. The van der Waals surface area contributed by atoms with Crippen LogP contribution in [-0.2, 0) is 9.59 Å². The first-order valence-corrected chi connectivity index (χ1v) is 6.24. The molecular weight excluding hydrogens is 308 g/mol. The highest BCUT2D eigenvalue weighted by molar-refractivity contribution is 7.82. The number of hydrogen-bond acceptors (Lipinski definition) is 6. The van der Waals surface area contributed by atoms with E-state index in [1.54, 1.807) is 0 Å². The van der Waals surface area contributed by atoms with E-state index >= 15 is 0 Å². The van der Waals surface area contributed by atoms with E-state index in [1.807, 2.05) is 38.5 Å². The van der Waals surface area contributed by atoms with E-state index in [2.05, 4.69) is 25.3 Å². The monoisotopic (exact) mass is 332 g/mol. The van der Waals surface area contributed by atoms with Crippen molar-refractivity contribution in [3.05, 3.63) is 0 Å². The van der Waals surface area contributed by atoms with Crippen LogP contribution < -0.4 is 22.5 Å². The first-order valence-electron chi connectivity index (χ1n) is 5.35. The molecule has 19 heavy (non-hydrogen) atoms. The van der Waals surface area contributed by atoms with Gasteiger partial charge in [-0.1, -0.05) is 27.7 Å². The summed E-state index contributed by atoms with van der Waals surface area (Å²) in [6, 6.07) is 0. The topological polar surface area (TPSA) is 110 Å². The molecule has 0 saturated carbocycles. The number of rotatable bonds is 4. The van der Waals surface area contributed by atoms with Gasteiger partial charge in [-0.25, -0.2) is 11.7 Å². The van der Waals surface area contributed by atoms with Crippen molar-refractivity contribution in [2.45, 2.75) is 50.0 Å². The van der Waals surface area contributed by atoms with Crippen LogP contribution in [-0.4, -0.2) is 21.3 Å². The zero-order valence-electron chi connectivity index (χ0n) is 11.7. The second-order valence-electron chi connectivity index (χ2n) is 5.11. The molecule has 0 atom stereocenters. The predicted octanol–water partition coefficient (Wildman–Crippen LogP) is 0.571. The van der Waals surface area contributed by atoms with Gasteiger partial charge in [0.05, 0.1) is 0 Å². The maximum Gasteiger partial charge on any atom is 0.235 e. The molecule has 0 aromatic heterocycles. The summed E-state index contributed by atoms with van der Waals surface area (Å²) in [4.78, 5) is 21.1. The highest BCUT2D eigenvalue weighted by Crippen LogP contribution is 2.16. The minimum atomic E-state index is -0.274. The van der Waals surface area contributed by atoms with Gasteiger partial charge in [0, 0.05) is 22.3 Å². The molecule has 0 heterocycles. The number of hydrazine groups is 2. The molecule has 0 radical (unpaired) electrons. The molecule has 6 N–H and O–H groups in total. The smallest absolute Gasteiger partial charge is 0.235 e. The normalized spacial score (nSPS) is 10.5. The molecule has 0 spiro atoms. The lowest BCUT2D eigenvalue weighted by atomic mass is 10.1. The van der Waals surface area contributed by atoms with Crippen molar-refractivity contribution in [1.29, 1.82) is 0 Å². The van der Waals surface area contributed by atoms with Crippen molar-refractivity contribution in [2.75, 3.05) is 0 Å². The number of amides is 2. The molecule has 0 aromatic carbocycles. The fraction of sp³-hybridized carbons (Fsp3) is 0.800. The van der Waals surface area contributed by atoms with E-state index < -0.39 is 0 Å². The van der Waals surface area contributed by atoms with Gasteiger partial charge in [-0.2, -0.15) is 25.3 Å². The SMILES string of the molecule is CC(C)(S)CC(=O)NN.CC(C)(S)CC(=O)NN.Cl. The molecule has 0 bridgehead atoms. The van der Waals surface area contributed by atoms with Gasteiger partial charge in [0.25, 0.3) is 0 Å². The van der Waals surface area contributed by atoms with Gasteiger partial charge in [-0.3, -0.25) is 20.4 Å². The first-order chi connectivity index (χ1) is 7.91. The molecule has 0 aliphatic carbocycles. The Morgan fingerprint density at radius 2 is 1.11 bits per heavy atom. The zero-order valence-corrected chi connectivity index (χ0v) is 14.3. The molecule has 0 aliphatic heterocycles. The van der Waals surface area contributed by atoms with Gasteiger partial charge in [0.15, 0.2) is 0 Å². The Bertz CT molecular complexity index is 250. The minimum absolute atomic E-state index is 0. The maximum atomic E-state index is 10.5. The fourth-order valence-corrected chi connectivity index (χ4v) is 1.18. The van der Waals surface area contributed by atoms with Crippen LogP contribution in [0.15, 0.2) is 0 Å². The van der Waals surface area contributed by atoms with Gasteiger partial charge in [-0.15, -0.1) is 12.4 Å². The quantitative estimate of drug-likeness (QED) is 0.196. The van der Waals surface area contributed by atoms with Crippen LogP contribution in [0.4, 0.5) is 0 Å². The molecule has 0 rings (SSSR count). The third-order valence-corrected chi connectivity index (χ3v) is 1.82. The molecule has 2 amide bonds. The lowest BCUT2D eigenvalue weighted by Gasteiger charge is -2.14. The average Bonchev–Trinajstić information content (AvgIpc) is 2.13. The van der Waals surface area contributed by atoms with E-state index in [4.69, 9.17) is 11.7 Å². The highest BCUT2D eigenvalue weighted by Gasteiger charge is 2.15. The molecule has 116 valence electrons. The van der Waals surface area contributed by atoms with E-state index in [-0.39, 0.29) is 33.7 Å². The Hall–Kier alpha value is -0.150. The minimum Gasteiger partial charge on any atom is -0.294 e. The van der Waals surface area contributed by atoms with Gasteiger partial charge >= 0.3 is 0 Å². The third-order valence-electron chi connectivity index (χ3n) is 1.51. The van der Waals surface area contributed by atoms with Gasteiger partial charge < -0.3 is 0 Å². The van der Waals surface area contributed by atoms with Crippen LogP contribution in [0.3, 0.4) is 0 Å². The van der Waals surface area contributed by atoms with Crippen molar-refractivity contribution in [3.8, 4) is 0 Å². The Morgan fingerprint density at radius 1 is 0.895 bits per heavy atom. The first kappa shape index (κ1) is 23.9. The molecule has 0 saturated heterocycles. The summed E-state index contributed by atoms with van der Waals surface area (Å²) in [5.74, 6) is 9.32. The second kappa shape index (κ2) is 10.6. The number of halogens is 1. The van der Waals surface area contributed by atoms with Crippen LogP contribution in [0.1, 0.15) is 40.5 Å². The predicted molar refractivity (Wildman–Crippen MR) is 87.3 cm³/mol. The molecule has 0 fully saturated rings. The number of carbonyl (C=O) groups is 2. The van der Waals surface area contributed by atoms with Crippen LogP contribution in [0, 0.1) is 0 Å². The van der Waals surface area contributed by atoms with Gasteiger partial charge in [0.1, 0.15) is 0 Å². The highest BCUT2D eigenvalue weighted by atomic mass is 35.5. The third kappa shape index (κ3) is 23.4. The van der Waals surface area contributed by atoms with Crippen molar-refractivity contribution in [2.24, 2.45) is 11.7 Å².